The summed E-state index contributed by atoms with van der Waals surface area (Å²) in [6.45, 7) is 3.09. The van der Waals surface area contributed by atoms with Gasteiger partial charge in [-0.1, -0.05) is 29.8 Å². The number of ether oxygens (including phenoxy) is 1. The van der Waals surface area contributed by atoms with Gasteiger partial charge in [0, 0.05) is 28.6 Å². The highest BCUT2D eigenvalue weighted by Gasteiger charge is 2.24. The van der Waals surface area contributed by atoms with Crippen LogP contribution in [0.4, 0.5) is 8.78 Å². The standard InChI is InChI=1S/C21H20ClF2NO2/c1-12-9-13(7-8-25-12)15-3-2-4-18(23)21(15)26-11-14-5-6-17(22)16-10-19(24)27-20(14)16/h2-6,10,12-13,25H,7-9,11H2,1H3/t12-,13?/m0/s1. The molecule has 1 aliphatic rings. The molecule has 0 aliphatic carbocycles. The molecule has 1 saturated heterocycles. The van der Waals surface area contributed by atoms with Gasteiger partial charge in [0.1, 0.15) is 12.2 Å². The average Bonchev–Trinajstić information content (AvgIpc) is 3.04. The molecule has 1 unspecified atom stereocenters. The second-order valence-corrected chi connectivity index (χ2v) is 7.43. The van der Waals surface area contributed by atoms with Gasteiger partial charge in [0.15, 0.2) is 11.6 Å². The molecule has 2 aromatic carbocycles. The fourth-order valence-corrected chi connectivity index (χ4v) is 4.00. The minimum atomic E-state index is -0.713. The monoisotopic (exact) mass is 391 g/mol. The van der Waals surface area contributed by atoms with Crippen molar-refractivity contribution < 1.29 is 17.9 Å². The van der Waals surface area contributed by atoms with Crippen LogP contribution in [0.1, 0.15) is 36.8 Å². The number of hydrogen-bond acceptors (Lipinski definition) is 3. The van der Waals surface area contributed by atoms with Gasteiger partial charge in [0.25, 0.3) is 6.01 Å². The molecule has 0 spiro atoms. The number of benzene rings is 2. The van der Waals surface area contributed by atoms with Crippen molar-refractivity contribution in [3.8, 4) is 5.75 Å². The van der Waals surface area contributed by atoms with Gasteiger partial charge < -0.3 is 14.5 Å². The number of hydrogen-bond donors (Lipinski definition) is 1. The summed E-state index contributed by atoms with van der Waals surface area (Å²) in [6, 6.07) is 9.31. The Kier molecular flexibility index (Phi) is 5.06. The van der Waals surface area contributed by atoms with Crippen molar-refractivity contribution in [3.63, 3.8) is 0 Å². The van der Waals surface area contributed by atoms with E-state index in [0.29, 0.717) is 27.6 Å². The van der Waals surface area contributed by atoms with Crippen LogP contribution in [0.2, 0.25) is 5.02 Å². The van der Waals surface area contributed by atoms with Crippen LogP contribution < -0.4 is 10.1 Å². The number of halogens is 3. The molecule has 0 bridgehead atoms. The molecule has 1 aliphatic heterocycles. The first kappa shape index (κ1) is 18.3. The SMILES string of the molecule is C[C@H]1CC(c2cccc(F)c2OCc2ccc(Cl)c3cc(F)oc23)CCN1. The molecule has 0 amide bonds. The van der Waals surface area contributed by atoms with Crippen molar-refractivity contribution in [2.75, 3.05) is 6.54 Å². The second-order valence-electron chi connectivity index (χ2n) is 7.02. The van der Waals surface area contributed by atoms with E-state index in [1.165, 1.54) is 12.1 Å². The third-order valence-electron chi connectivity index (χ3n) is 5.11. The predicted octanol–water partition coefficient (Wildman–Crippen LogP) is 5.80. The van der Waals surface area contributed by atoms with Crippen molar-refractivity contribution in [3.05, 3.63) is 64.4 Å². The molecule has 1 fully saturated rings. The van der Waals surface area contributed by atoms with Crippen LogP contribution in [0.25, 0.3) is 11.0 Å². The normalized spacial score (nSPS) is 20.1. The van der Waals surface area contributed by atoms with Gasteiger partial charge in [0.2, 0.25) is 0 Å². The fraction of sp³-hybridized carbons (Fsp3) is 0.333. The van der Waals surface area contributed by atoms with Gasteiger partial charge in [0.05, 0.1) is 5.02 Å². The number of fused-ring (bicyclic) bond motifs is 1. The van der Waals surface area contributed by atoms with Crippen molar-refractivity contribution >= 4 is 22.6 Å². The van der Waals surface area contributed by atoms with Gasteiger partial charge >= 0.3 is 0 Å². The third-order valence-corrected chi connectivity index (χ3v) is 5.44. The predicted molar refractivity (Wildman–Crippen MR) is 101 cm³/mol. The largest absolute Gasteiger partial charge is 0.485 e. The smallest absolute Gasteiger partial charge is 0.278 e. The zero-order valence-corrected chi connectivity index (χ0v) is 15.7. The van der Waals surface area contributed by atoms with Crippen LogP contribution in [-0.4, -0.2) is 12.6 Å². The van der Waals surface area contributed by atoms with Crippen molar-refractivity contribution in [2.45, 2.75) is 38.3 Å². The van der Waals surface area contributed by atoms with Crippen molar-refractivity contribution in [1.29, 1.82) is 0 Å². The Bertz CT molecular complexity index is 972. The highest BCUT2D eigenvalue weighted by Crippen LogP contribution is 2.37. The summed E-state index contributed by atoms with van der Waals surface area (Å²) >= 11 is 6.09. The quantitative estimate of drug-likeness (QED) is 0.610. The van der Waals surface area contributed by atoms with E-state index >= 15 is 0 Å². The van der Waals surface area contributed by atoms with Crippen LogP contribution in [0.15, 0.2) is 40.8 Å². The van der Waals surface area contributed by atoms with Crippen LogP contribution >= 0.6 is 11.6 Å². The first-order chi connectivity index (χ1) is 13.0. The first-order valence-corrected chi connectivity index (χ1v) is 9.41. The highest BCUT2D eigenvalue weighted by molar-refractivity contribution is 6.35. The molecule has 2 heterocycles. The molecular weight excluding hydrogens is 372 g/mol. The minimum absolute atomic E-state index is 0.0646. The lowest BCUT2D eigenvalue weighted by molar-refractivity contribution is 0.278. The molecule has 1 N–H and O–H groups in total. The van der Waals surface area contributed by atoms with Gasteiger partial charge in [-0.05, 0) is 44.4 Å². The van der Waals surface area contributed by atoms with E-state index in [0.717, 1.165) is 24.9 Å². The van der Waals surface area contributed by atoms with E-state index < -0.39 is 11.8 Å². The van der Waals surface area contributed by atoms with Gasteiger partial charge in [-0.15, -0.1) is 0 Å². The maximum absolute atomic E-state index is 14.5. The maximum Gasteiger partial charge on any atom is 0.278 e. The maximum atomic E-state index is 14.5. The molecule has 27 heavy (non-hydrogen) atoms. The summed E-state index contributed by atoms with van der Waals surface area (Å²) in [5, 5.41) is 4.29. The van der Waals surface area contributed by atoms with Crippen LogP contribution in [-0.2, 0) is 6.61 Å². The second kappa shape index (κ2) is 7.49. The molecule has 3 nitrogen and oxygen atoms in total. The number of furan rings is 1. The summed E-state index contributed by atoms with van der Waals surface area (Å²) in [5.74, 6) is 0.0968. The number of nitrogens with one attached hydrogen (secondary N) is 1. The summed E-state index contributed by atoms with van der Waals surface area (Å²) in [7, 11) is 0. The van der Waals surface area contributed by atoms with Crippen LogP contribution in [0.3, 0.4) is 0 Å². The number of para-hydroxylation sites is 1. The highest BCUT2D eigenvalue weighted by atomic mass is 35.5. The molecular formula is C21H20ClF2NO2. The molecule has 3 aromatic rings. The molecule has 2 atom stereocenters. The zero-order chi connectivity index (χ0) is 19.0. The van der Waals surface area contributed by atoms with Gasteiger partial charge in [-0.3, -0.25) is 0 Å². The molecule has 0 radical (unpaired) electrons. The molecule has 1 aromatic heterocycles. The summed E-state index contributed by atoms with van der Waals surface area (Å²) in [4.78, 5) is 0. The van der Waals surface area contributed by atoms with Crippen LogP contribution in [0, 0.1) is 11.8 Å². The Hall–Kier alpha value is -2.11. The van der Waals surface area contributed by atoms with Crippen molar-refractivity contribution in [1.82, 2.24) is 5.32 Å². The first-order valence-electron chi connectivity index (χ1n) is 9.04. The molecule has 0 saturated carbocycles. The molecule has 6 heteroatoms. The van der Waals surface area contributed by atoms with Crippen LogP contribution in [0.5, 0.6) is 5.75 Å². The van der Waals surface area contributed by atoms with E-state index in [2.05, 4.69) is 12.2 Å². The van der Waals surface area contributed by atoms with E-state index in [1.807, 2.05) is 6.07 Å². The minimum Gasteiger partial charge on any atom is -0.485 e. The Labute approximate surface area is 161 Å². The Morgan fingerprint density at radius 1 is 1.26 bits per heavy atom. The lowest BCUT2D eigenvalue weighted by Crippen LogP contribution is -2.35. The van der Waals surface area contributed by atoms with E-state index in [1.54, 1.807) is 18.2 Å². The lowest BCUT2D eigenvalue weighted by atomic mass is 9.86. The molecule has 4 rings (SSSR count). The average molecular weight is 392 g/mol. The third kappa shape index (κ3) is 3.66. The topological polar surface area (TPSA) is 34.4 Å². The number of rotatable bonds is 4. The van der Waals surface area contributed by atoms with E-state index in [4.69, 9.17) is 20.8 Å². The molecule has 142 valence electrons. The van der Waals surface area contributed by atoms with Gasteiger partial charge in [-0.2, -0.15) is 4.39 Å². The summed E-state index contributed by atoms with van der Waals surface area (Å²) in [6.07, 6.45) is 1.85. The van der Waals surface area contributed by atoms with Crippen molar-refractivity contribution in [2.24, 2.45) is 0 Å². The fourth-order valence-electron chi connectivity index (χ4n) is 3.79. The number of piperidine rings is 1. The Morgan fingerprint density at radius 2 is 2.11 bits per heavy atom. The summed E-state index contributed by atoms with van der Waals surface area (Å²) < 4.78 is 39.1. The van der Waals surface area contributed by atoms with Gasteiger partial charge in [-0.25, -0.2) is 4.39 Å². The lowest BCUT2D eigenvalue weighted by Gasteiger charge is -2.29. The zero-order valence-electron chi connectivity index (χ0n) is 14.9. The van der Waals surface area contributed by atoms with E-state index in [-0.39, 0.29) is 18.3 Å². The Balaban J connectivity index is 1.63. The summed E-state index contributed by atoms with van der Waals surface area (Å²) in [5.41, 5.74) is 1.82. The Morgan fingerprint density at radius 3 is 2.93 bits per heavy atom. The van der Waals surface area contributed by atoms with E-state index in [9.17, 15) is 8.78 Å².